The maximum atomic E-state index is 5.89. The van der Waals surface area contributed by atoms with Crippen molar-refractivity contribution in [1.82, 2.24) is 0 Å². The van der Waals surface area contributed by atoms with Crippen molar-refractivity contribution < 1.29 is 0 Å². The fourth-order valence-electron chi connectivity index (χ4n) is 1.05. The van der Waals surface area contributed by atoms with Crippen LogP contribution in [0.3, 0.4) is 0 Å². The lowest BCUT2D eigenvalue weighted by molar-refractivity contribution is 1.29. The van der Waals surface area contributed by atoms with Gasteiger partial charge in [-0.05, 0) is 15.9 Å². The minimum absolute atomic E-state index is 0.636. The van der Waals surface area contributed by atoms with Crippen LogP contribution in [0.25, 0.3) is 0 Å². The van der Waals surface area contributed by atoms with Crippen molar-refractivity contribution >= 4 is 39.5 Å². The molecule has 0 amide bonds. The molecular formula is C7H4BrClN2. The largest absolute Gasteiger partial charge is 0.285 e. The van der Waals surface area contributed by atoms with Crippen LogP contribution in [0.4, 0.5) is 0 Å². The van der Waals surface area contributed by atoms with Crippen molar-refractivity contribution in [1.29, 1.82) is 0 Å². The number of nitrogens with zero attached hydrogens (tertiary/aromatic N) is 2. The number of hydrogen-bond acceptors (Lipinski definition) is 2. The van der Waals surface area contributed by atoms with Crippen LogP contribution >= 0.6 is 27.5 Å². The number of fused-ring (bicyclic) bond motifs is 1. The lowest BCUT2D eigenvalue weighted by Crippen LogP contribution is -2.10. The number of aliphatic imine (C=N–C) groups is 2. The number of allylic oxidation sites excluding steroid dienone is 2. The van der Waals surface area contributed by atoms with E-state index in [2.05, 4.69) is 25.9 Å². The average Bonchev–Trinajstić information content (AvgIpc) is 2.34. The van der Waals surface area contributed by atoms with Gasteiger partial charge < -0.3 is 0 Å². The Morgan fingerprint density at radius 3 is 3.09 bits per heavy atom. The zero-order valence-electron chi connectivity index (χ0n) is 5.51. The third-order valence-corrected chi connectivity index (χ3v) is 2.43. The molecule has 4 heteroatoms. The molecule has 2 aliphatic rings. The Bertz CT molecular complexity index is 325. The van der Waals surface area contributed by atoms with Gasteiger partial charge in [0, 0.05) is 22.5 Å². The zero-order chi connectivity index (χ0) is 7.84. The average molecular weight is 231 g/mol. The van der Waals surface area contributed by atoms with Crippen LogP contribution < -0.4 is 0 Å². The highest BCUT2D eigenvalue weighted by molar-refractivity contribution is 9.12. The van der Waals surface area contributed by atoms with Gasteiger partial charge in [0.15, 0.2) is 0 Å². The van der Waals surface area contributed by atoms with Gasteiger partial charge in [0.25, 0.3) is 0 Å². The predicted molar refractivity (Wildman–Crippen MR) is 50.7 cm³/mol. The van der Waals surface area contributed by atoms with Crippen molar-refractivity contribution in [2.75, 3.05) is 6.54 Å². The van der Waals surface area contributed by atoms with Gasteiger partial charge in [0.2, 0.25) is 0 Å². The van der Waals surface area contributed by atoms with Gasteiger partial charge in [0.1, 0.15) is 0 Å². The zero-order valence-corrected chi connectivity index (χ0v) is 7.85. The summed E-state index contributed by atoms with van der Waals surface area (Å²) in [6.07, 6.45) is 3.41. The number of dihydropyridines is 1. The van der Waals surface area contributed by atoms with Crippen LogP contribution in [0.2, 0.25) is 0 Å². The maximum absolute atomic E-state index is 5.89. The molecule has 0 aromatic rings. The second-order valence-electron chi connectivity index (χ2n) is 2.25. The quantitative estimate of drug-likeness (QED) is 0.611. The van der Waals surface area contributed by atoms with E-state index in [4.69, 9.17) is 11.6 Å². The Morgan fingerprint density at radius 2 is 2.36 bits per heavy atom. The molecule has 2 aliphatic heterocycles. The molecule has 0 bridgehead atoms. The van der Waals surface area contributed by atoms with Gasteiger partial charge in [-0.3, -0.25) is 9.98 Å². The first kappa shape index (κ1) is 7.25. The van der Waals surface area contributed by atoms with E-state index < -0.39 is 0 Å². The van der Waals surface area contributed by atoms with E-state index in [0.29, 0.717) is 11.6 Å². The Balaban J connectivity index is 2.55. The van der Waals surface area contributed by atoms with Crippen molar-refractivity contribution in [2.45, 2.75) is 0 Å². The normalized spacial score (nSPS) is 21.6. The van der Waals surface area contributed by atoms with E-state index in [-0.39, 0.29) is 0 Å². The van der Waals surface area contributed by atoms with Crippen LogP contribution in [0.5, 0.6) is 0 Å². The molecular weight excluding hydrogens is 227 g/mol. The molecule has 0 fully saturated rings. The molecule has 11 heavy (non-hydrogen) atoms. The van der Waals surface area contributed by atoms with E-state index in [1.54, 1.807) is 12.4 Å². The lowest BCUT2D eigenvalue weighted by Gasteiger charge is -2.07. The third kappa shape index (κ3) is 1.08. The molecule has 2 heterocycles. The van der Waals surface area contributed by atoms with E-state index in [0.717, 1.165) is 15.8 Å². The lowest BCUT2D eigenvalue weighted by atomic mass is 10.1. The highest BCUT2D eigenvalue weighted by Crippen LogP contribution is 2.30. The molecule has 0 saturated carbocycles. The van der Waals surface area contributed by atoms with Gasteiger partial charge >= 0.3 is 0 Å². The Labute approximate surface area is 77.5 Å². The third-order valence-electron chi connectivity index (χ3n) is 1.55. The molecule has 0 aromatic carbocycles. The Kier molecular flexibility index (Phi) is 1.69. The summed E-state index contributed by atoms with van der Waals surface area (Å²) < 4.78 is 0.948. The molecule has 2 nitrogen and oxygen atoms in total. The van der Waals surface area contributed by atoms with Crippen LogP contribution in [-0.2, 0) is 0 Å². The first-order valence-electron chi connectivity index (χ1n) is 3.12. The summed E-state index contributed by atoms with van der Waals surface area (Å²) in [5.74, 6) is 0. The molecule has 56 valence electrons. The van der Waals surface area contributed by atoms with Crippen LogP contribution in [0, 0.1) is 0 Å². The van der Waals surface area contributed by atoms with Crippen LogP contribution in [0.1, 0.15) is 0 Å². The van der Waals surface area contributed by atoms with E-state index in [1.807, 2.05) is 0 Å². The van der Waals surface area contributed by atoms with Crippen molar-refractivity contribution in [3.8, 4) is 0 Å². The summed E-state index contributed by atoms with van der Waals surface area (Å²) in [5.41, 5.74) is 1.94. The number of rotatable bonds is 0. The minimum atomic E-state index is 0.636. The van der Waals surface area contributed by atoms with Gasteiger partial charge in [-0.15, -0.1) is 0 Å². The second-order valence-corrected chi connectivity index (χ2v) is 3.51. The summed E-state index contributed by atoms with van der Waals surface area (Å²) in [7, 11) is 0. The SMILES string of the molecule is ClC1=C2C(Br)=CN=C2CN=C1. The van der Waals surface area contributed by atoms with Gasteiger partial charge in [-0.1, -0.05) is 11.6 Å². The summed E-state index contributed by atoms with van der Waals surface area (Å²) in [5, 5.41) is 0.663. The molecule has 0 aromatic heterocycles. The van der Waals surface area contributed by atoms with E-state index in [1.165, 1.54) is 0 Å². The van der Waals surface area contributed by atoms with Crippen molar-refractivity contribution in [2.24, 2.45) is 9.98 Å². The molecule has 0 unspecified atom stereocenters. The second kappa shape index (κ2) is 2.57. The Morgan fingerprint density at radius 1 is 1.55 bits per heavy atom. The molecule has 0 saturated heterocycles. The van der Waals surface area contributed by atoms with E-state index >= 15 is 0 Å². The number of hydrogen-bond donors (Lipinski definition) is 0. The van der Waals surface area contributed by atoms with E-state index in [9.17, 15) is 0 Å². The summed E-state index contributed by atoms with van der Waals surface area (Å²) in [6.45, 7) is 0.636. The highest BCUT2D eigenvalue weighted by Gasteiger charge is 2.20. The summed E-state index contributed by atoms with van der Waals surface area (Å²) >= 11 is 9.25. The van der Waals surface area contributed by atoms with Crippen molar-refractivity contribution in [3.05, 3.63) is 21.3 Å². The molecule has 0 spiro atoms. The smallest absolute Gasteiger partial charge is 0.0819 e. The predicted octanol–water partition coefficient (Wildman–Crippen LogP) is 2.25. The van der Waals surface area contributed by atoms with Crippen LogP contribution in [0.15, 0.2) is 31.3 Å². The topological polar surface area (TPSA) is 24.7 Å². The molecule has 0 radical (unpaired) electrons. The van der Waals surface area contributed by atoms with Gasteiger partial charge in [-0.25, -0.2) is 0 Å². The maximum Gasteiger partial charge on any atom is 0.0819 e. The first-order chi connectivity index (χ1) is 5.29. The molecule has 0 N–H and O–H groups in total. The van der Waals surface area contributed by atoms with Crippen LogP contribution in [-0.4, -0.2) is 18.5 Å². The van der Waals surface area contributed by atoms with Crippen molar-refractivity contribution in [3.63, 3.8) is 0 Å². The molecule has 2 rings (SSSR count). The monoisotopic (exact) mass is 230 g/mol. The molecule has 0 atom stereocenters. The highest BCUT2D eigenvalue weighted by atomic mass is 79.9. The minimum Gasteiger partial charge on any atom is -0.285 e. The first-order valence-corrected chi connectivity index (χ1v) is 4.29. The summed E-state index contributed by atoms with van der Waals surface area (Å²) in [4.78, 5) is 8.18. The summed E-state index contributed by atoms with van der Waals surface area (Å²) in [6, 6.07) is 0. The standard InChI is InChI=1S/C7H4BrClN2/c8-4-1-11-6-3-10-2-5(9)7(4)6/h1-2H,3H2. The fraction of sp³-hybridized carbons (Fsp3) is 0.143. The number of halogens is 2. The molecule has 0 aliphatic carbocycles. The van der Waals surface area contributed by atoms with Gasteiger partial charge in [-0.2, -0.15) is 0 Å². The van der Waals surface area contributed by atoms with Gasteiger partial charge in [0.05, 0.1) is 17.3 Å². The Hall–Kier alpha value is -0.410. The fourth-order valence-corrected chi connectivity index (χ4v) is 1.99.